The van der Waals surface area contributed by atoms with Gasteiger partial charge in [0.1, 0.15) is 12.4 Å². The lowest BCUT2D eigenvalue weighted by Gasteiger charge is -2.15. The number of hydrogen-bond acceptors (Lipinski definition) is 6. The zero-order chi connectivity index (χ0) is 23.5. The number of benzene rings is 2. The monoisotopic (exact) mass is 448 g/mol. The third-order valence-electron chi connectivity index (χ3n) is 6.14. The number of cyclic esters (lactones) is 1. The molecule has 172 valence electrons. The lowest BCUT2D eigenvalue weighted by Crippen LogP contribution is -2.19. The highest BCUT2D eigenvalue weighted by atomic mass is 16.5. The van der Waals surface area contributed by atoms with Crippen LogP contribution in [0.3, 0.4) is 0 Å². The average molecular weight is 449 g/mol. The zero-order valence-corrected chi connectivity index (χ0v) is 19.3. The highest BCUT2D eigenvalue weighted by molar-refractivity contribution is 5.93. The highest BCUT2D eigenvalue weighted by Crippen LogP contribution is 2.32. The van der Waals surface area contributed by atoms with Gasteiger partial charge < -0.3 is 19.7 Å². The molecule has 1 N–H and O–H groups in total. The van der Waals surface area contributed by atoms with Crippen molar-refractivity contribution in [2.24, 2.45) is 7.05 Å². The van der Waals surface area contributed by atoms with E-state index in [2.05, 4.69) is 17.3 Å². The fourth-order valence-electron chi connectivity index (χ4n) is 4.10. The maximum Gasteiger partial charge on any atom is 0.338 e. The van der Waals surface area contributed by atoms with Crippen molar-refractivity contribution in [2.75, 3.05) is 25.6 Å². The number of anilines is 1. The summed E-state index contributed by atoms with van der Waals surface area (Å²) in [4.78, 5) is 24.4. The fourth-order valence-corrected chi connectivity index (χ4v) is 4.10. The number of aromatic nitrogens is 2. The zero-order valence-electron chi connectivity index (χ0n) is 19.3. The van der Waals surface area contributed by atoms with Gasteiger partial charge in [0.15, 0.2) is 0 Å². The molecule has 0 atom stereocenters. The molecule has 8 nitrogen and oxygen atoms in total. The number of rotatable bonds is 9. The number of hydrogen-bond donors (Lipinski definition) is 1. The Bertz CT molecular complexity index is 1200. The highest BCUT2D eigenvalue weighted by Gasteiger charge is 2.23. The maximum atomic E-state index is 11.7. The molecule has 4 rings (SSSR count). The first-order valence-electron chi connectivity index (χ1n) is 10.8. The average Bonchev–Trinajstić information content (AvgIpc) is 3.39. The molecule has 0 fully saturated rings. The minimum Gasteiger partial charge on any atom is -0.495 e. The number of amides is 1. The summed E-state index contributed by atoms with van der Waals surface area (Å²) in [6, 6.07) is 11.6. The van der Waals surface area contributed by atoms with Crippen LogP contribution in [0.1, 0.15) is 32.7 Å². The van der Waals surface area contributed by atoms with Crippen LogP contribution in [0, 0.1) is 6.92 Å². The second-order valence-electron chi connectivity index (χ2n) is 8.13. The molecule has 2 heterocycles. The number of aryl methyl sites for hydroxylation is 1. The van der Waals surface area contributed by atoms with E-state index in [1.54, 1.807) is 14.2 Å². The third-order valence-corrected chi connectivity index (χ3v) is 6.14. The van der Waals surface area contributed by atoms with Crippen LogP contribution in [0.25, 0.3) is 11.3 Å². The predicted octanol–water partition coefficient (Wildman–Crippen LogP) is 3.00. The predicted molar refractivity (Wildman–Crippen MR) is 125 cm³/mol. The van der Waals surface area contributed by atoms with E-state index in [0.717, 1.165) is 47.5 Å². The smallest absolute Gasteiger partial charge is 0.338 e. The first-order valence-corrected chi connectivity index (χ1v) is 10.8. The van der Waals surface area contributed by atoms with Gasteiger partial charge in [-0.25, -0.2) is 4.79 Å². The number of nitrogens with one attached hydrogen (secondary N) is 1. The first kappa shape index (κ1) is 22.5. The summed E-state index contributed by atoms with van der Waals surface area (Å²) in [5.41, 5.74) is 7.53. The number of ether oxygens (including phenoxy) is 2. The molecule has 0 unspecified atom stereocenters. The Morgan fingerprint density at radius 3 is 2.85 bits per heavy atom. The molecule has 2 aromatic carbocycles. The van der Waals surface area contributed by atoms with E-state index in [4.69, 9.17) is 9.47 Å². The van der Waals surface area contributed by atoms with Crippen LogP contribution in [0.15, 0.2) is 36.4 Å². The SMILES string of the molecule is COc1ccc(-c2cc(CNCCc3ccc4c(c3C)COC4=O)n(C)n2)cc1N(C)C=O. The molecule has 0 aliphatic carbocycles. The van der Waals surface area contributed by atoms with Gasteiger partial charge in [0.25, 0.3) is 0 Å². The van der Waals surface area contributed by atoms with E-state index in [-0.39, 0.29) is 5.97 Å². The second-order valence-corrected chi connectivity index (χ2v) is 8.13. The molecule has 3 aromatic rings. The Labute approximate surface area is 193 Å². The van der Waals surface area contributed by atoms with Crippen LogP contribution < -0.4 is 15.0 Å². The van der Waals surface area contributed by atoms with Gasteiger partial charge >= 0.3 is 5.97 Å². The lowest BCUT2D eigenvalue weighted by molar-refractivity contribution is -0.107. The Morgan fingerprint density at radius 2 is 2.09 bits per heavy atom. The Hall–Kier alpha value is -3.65. The van der Waals surface area contributed by atoms with Crippen LogP contribution >= 0.6 is 0 Å². The van der Waals surface area contributed by atoms with Crippen molar-refractivity contribution in [3.8, 4) is 17.0 Å². The van der Waals surface area contributed by atoms with Crippen LogP contribution in [-0.4, -0.2) is 42.9 Å². The molecule has 1 amide bonds. The molecule has 0 saturated carbocycles. The van der Waals surface area contributed by atoms with Crippen molar-refractivity contribution in [3.63, 3.8) is 0 Å². The van der Waals surface area contributed by atoms with Crippen molar-refractivity contribution in [2.45, 2.75) is 26.5 Å². The maximum absolute atomic E-state index is 11.7. The molecule has 0 spiro atoms. The van der Waals surface area contributed by atoms with E-state index in [1.807, 2.05) is 48.1 Å². The van der Waals surface area contributed by atoms with E-state index < -0.39 is 0 Å². The van der Waals surface area contributed by atoms with Gasteiger partial charge in [-0.15, -0.1) is 0 Å². The summed E-state index contributed by atoms with van der Waals surface area (Å²) in [6.45, 7) is 3.89. The Balaban J connectivity index is 1.41. The number of methoxy groups -OCH3 is 1. The lowest BCUT2D eigenvalue weighted by atomic mass is 9.97. The van der Waals surface area contributed by atoms with Gasteiger partial charge in [-0.3, -0.25) is 9.48 Å². The van der Waals surface area contributed by atoms with Crippen LogP contribution in [-0.2, 0) is 36.2 Å². The molecular formula is C25H28N4O4. The number of carbonyl (C=O) groups is 2. The van der Waals surface area contributed by atoms with Crippen molar-refractivity contribution < 1.29 is 19.1 Å². The number of nitrogens with zero attached hydrogens (tertiary/aromatic N) is 3. The molecular weight excluding hydrogens is 420 g/mol. The van der Waals surface area contributed by atoms with Crippen molar-refractivity contribution in [1.82, 2.24) is 15.1 Å². The third kappa shape index (κ3) is 4.47. The normalized spacial score (nSPS) is 12.4. The summed E-state index contributed by atoms with van der Waals surface area (Å²) in [7, 11) is 5.19. The molecule has 33 heavy (non-hydrogen) atoms. The molecule has 0 radical (unpaired) electrons. The summed E-state index contributed by atoms with van der Waals surface area (Å²) < 4.78 is 12.4. The Kier molecular flexibility index (Phi) is 6.46. The van der Waals surface area contributed by atoms with E-state index in [0.29, 0.717) is 30.2 Å². The molecule has 1 aromatic heterocycles. The fraction of sp³-hybridized carbons (Fsp3) is 0.320. The van der Waals surface area contributed by atoms with Crippen molar-refractivity contribution >= 4 is 18.1 Å². The first-order chi connectivity index (χ1) is 15.9. The molecule has 1 aliphatic rings. The van der Waals surface area contributed by atoms with Gasteiger partial charge in [-0.2, -0.15) is 5.10 Å². The van der Waals surface area contributed by atoms with Gasteiger partial charge in [0.05, 0.1) is 29.7 Å². The number of carbonyl (C=O) groups excluding carboxylic acids is 2. The van der Waals surface area contributed by atoms with Gasteiger partial charge in [0, 0.05) is 31.8 Å². The number of esters is 1. The van der Waals surface area contributed by atoms with Crippen molar-refractivity contribution in [1.29, 1.82) is 0 Å². The van der Waals surface area contributed by atoms with Crippen LogP contribution in [0.4, 0.5) is 5.69 Å². The minimum atomic E-state index is -0.230. The Morgan fingerprint density at radius 1 is 1.27 bits per heavy atom. The van der Waals surface area contributed by atoms with Gasteiger partial charge in [-0.05, 0) is 61.3 Å². The summed E-state index contributed by atoms with van der Waals surface area (Å²) in [5, 5.41) is 8.13. The molecule has 0 bridgehead atoms. The van der Waals surface area contributed by atoms with E-state index in [1.165, 1.54) is 10.5 Å². The van der Waals surface area contributed by atoms with Gasteiger partial charge in [0.2, 0.25) is 6.41 Å². The van der Waals surface area contributed by atoms with E-state index in [9.17, 15) is 9.59 Å². The summed E-state index contributed by atoms with van der Waals surface area (Å²) in [6.07, 6.45) is 1.61. The largest absolute Gasteiger partial charge is 0.495 e. The molecule has 1 aliphatic heterocycles. The van der Waals surface area contributed by atoms with Crippen LogP contribution in [0.2, 0.25) is 0 Å². The molecule has 0 saturated heterocycles. The summed E-state index contributed by atoms with van der Waals surface area (Å²) in [5.74, 6) is 0.399. The van der Waals surface area contributed by atoms with Crippen molar-refractivity contribution in [3.05, 3.63) is 64.3 Å². The quantitative estimate of drug-likeness (QED) is 0.308. The minimum absolute atomic E-state index is 0.230. The van der Waals surface area contributed by atoms with Crippen LogP contribution in [0.5, 0.6) is 5.75 Å². The number of fused-ring (bicyclic) bond motifs is 1. The summed E-state index contributed by atoms with van der Waals surface area (Å²) >= 11 is 0. The standard InChI is InChI=1S/C25H28N4O4/c1-16-17(5-7-20-21(16)14-33-25(20)31)9-10-26-13-19-12-22(27-29(19)3)18-6-8-24(32-4)23(11-18)28(2)15-30/h5-8,11-12,15,26H,9-10,13-14H2,1-4H3. The van der Waals surface area contributed by atoms with Gasteiger partial charge in [-0.1, -0.05) is 6.07 Å². The van der Waals surface area contributed by atoms with E-state index >= 15 is 0 Å². The second kappa shape index (κ2) is 9.46. The topological polar surface area (TPSA) is 85.7 Å². The molecule has 8 heteroatoms.